The molecule has 0 aliphatic carbocycles. The molecular formula is C16H17F3N6O. The summed E-state index contributed by atoms with van der Waals surface area (Å²) >= 11 is 0. The molecule has 7 nitrogen and oxygen atoms in total. The van der Waals surface area contributed by atoms with Gasteiger partial charge in [0.05, 0.1) is 23.5 Å². The number of rotatable bonds is 3. The Hall–Kier alpha value is -2.78. The summed E-state index contributed by atoms with van der Waals surface area (Å²) < 4.78 is 39.6. The Morgan fingerprint density at radius 3 is 2.50 bits per heavy atom. The lowest BCUT2D eigenvalue weighted by Gasteiger charge is -2.40. The molecule has 2 aromatic heterocycles. The van der Waals surface area contributed by atoms with Crippen LogP contribution in [0.15, 0.2) is 30.7 Å². The van der Waals surface area contributed by atoms with Crippen LogP contribution >= 0.6 is 0 Å². The van der Waals surface area contributed by atoms with Crippen molar-refractivity contribution in [1.82, 2.24) is 19.7 Å². The summed E-state index contributed by atoms with van der Waals surface area (Å²) in [7, 11) is 1.76. The Bertz CT molecular complexity index is 812. The summed E-state index contributed by atoms with van der Waals surface area (Å²) in [5.41, 5.74) is 0.000690. The van der Waals surface area contributed by atoms with E-state index in [0.717, 1.165) is 18.0 Å². The van der Waals surface area contributed by atoms with E-state index in [1.165, 1.54) is 6.07 Å². The maximum absolute atomic E-state index is 12.6. The lowest BCUT2D eigenvalue weighted by molar-refractivity contribution is -0.137. The van der Waals surface area contributed by atoms with Gasteiger partial charge in [0.2, 0.25) is 0 Å². The molecule has 2 fully saturated rings. The number of amides is 2. The Morgan fingerprint density at radius 2 is 1.92 bits per heavy atom. The first-order valence-corrected chi connectivity index (χ1v) is 8.18. The van der Waals surface area contributed by atoms with E-state index in [-0.39, 0.29) is 12.1 Å². The van der Waals surface area contributed by atoms with Gasteiger partial charge in [-0.05, 0) is 12.1 Å². The van der Waals surface area contributed by atoms with Crippen molar-refractivity contribution in [2.75, 3.05) is 43.0 Å². The molecule has 0 saturated carbocycles. The molecule has 0 bridgehead atoms. The molecule has 0 spiro atoms. The summed E-state index contributed by atoms with van der Waals surface area (Å²) in [6, 6.07) is 2.47. The van der Waals surface area contributed by atoms with Crippen molar-refractivity contribution in [3.05, 3.63) is 36.3 Å². The number of carbonyl (C=O) groups excluding carboxylic acids is 1. The molecule has 0 N–H and O–H groups in total. The first-order valence-electron chi connectivity index (χ1n) is 8.18. The van der Waals surface area contributed by atoms with Gasteiger partial charge in [-0.3, -0.25) is 9.58 Å². The molecule has 10 heteroatoms. The molecule has 4 rings (SSSR count). The molecule has 2 amide bonds. The summed E-state index contributed by atoms with van der Waals surface area (Å²) in [5.74, 6) is 0.512. The van der Waals surface area contributed by atoms with Crippen molar-refractivity contribution in [3.63, 3.8) is 0 Å². The zero-order valence-electron chi connectivity index (χ0n) is 14.0. The summed E-state index contributed by atoms with van der Waals surface area (Å²) in [6.07, 6.45) is -0.0327. The highest BCUT2D eigenvalue weighted by Gasteiger charge is 2.34. The van der Waals surface area contributed by atoms with Crippen LogP contribution in [0.2, 0.25) is 0 Å². The summed E-state index contributed by atoms with van der Waals surface area (Å²) in [5, 5.41) is 4.33. The Balaban J connectivity index is 1.39. The third-order valence-electron chi connectivity index (χ3n) is 4.75. The van der Waals surface area contributed by atoms with Crippen LogP contribution in [0.25, 0.3) is 0 Å². The predicted octanol–water partition coefficient (Wildman–Crippen LogP) is 2.23. The zero-order chi connectivity index (χ0) is 18.5. The van der Waals surface area contributed by atoms with Gasteiger partial charge in [0, 0.05) is 45.6 Å². The van der Waals surface area contributed by atoms with E-state index in [2.05, 4.69) is 10.1 Å². The molecule has 0 radical (unpaired) electrons. The number of urea groups is 1. The quantitative estimate of drug-likeness (QED) is 0.836. The van der Waals surface area contributed by atoms with Crippen molar-refractivity contribution in [1.29, 1.82) is 0 Å². The van der Waals surface area contributed by atoms with Crippen molar-refractivity contribution in [2.45, 2.75) is 12.2 Å². The largest absolute Gasteiger partial charge is 0.417 e. The van der Waals surface area contributed by atoms with Crippen LogP contribution in [0.5, 0.6) is 0 Å². The van der Waals surface area contributed by atoms with Gasteiger partial charge in [0.15, 0.2) is 0 Å². The molecule has 4 heterocycles. The van der Waals surface area contributed by atoms with Crippen LogP contribution in [-0.4, -0.2) is 58.9 Å². The fourth-order valence-corrected chi connectivity index (χ4v) is 3.10. The van der Waals surface area contributed by atoms with Crippen molar-refractivity contribution < 1.29 is 18.0 Å². The molecule has 2 saturated heterocycles. The third-order valence-corrected chi connectivity index (χ3v) is 4.75. The minimum absolute atomic E-state index is 0.0475. The van der Waals surface area contributed by atoms with Gasteiger partial charge in [-0.15, -0.1) is 0 Å². The molecule has 2 aliphatic heterocycles. The minimum Gasteiger partial charge on any atom is -0.352 e. The number of hydrogen-bond donors (Lipinski definition) is 0. The van der Waals surface area contributed by atoms with E-state index in [1.54, 1.807) is 27.7 Å². The number of aromatic nitrogens is 3. The number of halogens is 3. The smallest absolute Gasteiger partial charge is 0.352 e. The van der Waals surface area contributed by atoms with Crippen molar-refractivity contribution >= 4 is 17.5 Å². The molecule has 0 unspecified atom stereocenters. The third kappa shape index (κ3) is 2.85. The molecule has 0 atom stereocenters. The van der Waals surface area contributed by atoms with Crippen LogP contribution in [0.1, 0.15) is 11.6 Å². The molecule has 2 aliphatic rings. The van der Waals surface area contributed by atoms with E-state index >= 15 is 0 Å². The van der Waals surface area contributed by atoms with Gasteiger partial charge in [-0.25, -0.2) is 9.78 Å². The second-order valence-corrected chi connectivity index (χ2v) is 6.50. The van der Waals surface area contributed by atoms with Gasteiger partial charge in [0.1, 0.15) is 5.82 Å². The highest BCUT2D eigenvalue weighted by Crippen LogP contribution is 2.32. The van der Waals surface area contributed by atoms with Gasteiger partial charge < -0.3 is 9.80 Å². The Kier molecular flexibility index (Phi) is 3.78. The van der Waals surface area contributed by atoms with Gasteiger partial charge >= 0.3 is 12.2 Å². The van der Waals surface area contributed by atoms with E-state index in [9.17, 15) is 18.0 Å². The SMILES string of the molecule is CN1CCN(c2cnn(C3CN(c4ccc(C(F)(F)F)cn4)C3)c2)C1=O. The van der Waals surface area contributed by atoms with Crippen molar-refractivity contribution in [2.24, 2.45) is 0 Å². The first kappa shape index (κ1) is 16.7. The van der Waals surface area contributed by atoms with Gasteiger partial charge in [-0.1, -0.05) is 0 Å². The van der Waals surface area contributed by atoms with Gasteiger partial charge in [0.25, 0.3) is 0 Å². The van der Waals surface area contributed by atoms with E-state index in [4.69, 9.17) is 0 Å². The predicted molar refractivity (Wildman–Crippen MR) is 88.1 cm³/mol. The van der Waals surface area contributed by atoms with Crippen LogP contribution in [-0.2, 0) is 6.18 Å². The van der Waals surface area contributed by atoms with E-state index < -0.39 is 11.7 Å². The Labute approximate surface area is 147 Å². The fourth-order valence-electron chi connectivity index (χ4n) is 3.10. The topological polar surface area (TPSA) is 57.5 Å². The second-order valence-electron chi connectivity index (χ2n) is 6.50. The highest BCUT2D eigenvalue weighted by molar-refractivity contribution is 5.93. The summed E-state index contributed by atoms with van der Waals surface area (Å²) in [6.45, 7) is 2.52. The number of carbonyl (C=O) groups is 1. The standard InChI is InChI=1S/C16H17F3N6O/c1-22-4-5-24(15(22)26)12-7-21-25(10-12)13-8-23(9-13)14-3-2-11(6-20-14)16(17,18)19/h2-3,6-7,10,13H,4-5,8-9H2,1H3. The van der Waals surface area contributed by atoms with Crippen LogP contribution in [0, 0.1) is 0 Å². The maximum atomic E-state index is 12.6. The normalized spacial score (nSPS) is 18.6. The lowest BCUT2D eigenvalue weighted by atomic mass is 10.1. The lowest BCUT2D eigenvalue weighted by Crippen LogP contribution is -2.48. The van der Waals surface area contributed by atoms with Crippen LogP contribution in [0.3, 0.4) is 0 Å². The first-order chi connectivity index (χ1) is 12.3. The molecular weight excluding hydrogens is 349 g/mol. The highest BCUT2D eigenvalue weighted by atomic mass is 19.4. The van der Waals surface area contributed by atoms with Gasteiger partial charge in [-0.2, -0.15) is 18.3 Å². The zero-order valence-corrected chi connectivity index (χ0v) is 14.0. The average molecular weight is 366 g/mol. The second kappa shape index (κ2) is 5.89. The molecule has 2 aromatic rings. The van der Waals surface area contributed by atoms with Crippen LogP contribution < -0.4 is 9.80 Å². The van der Waals surface area contributed by atoms with Crippen molar-refractivity contribution in [3.8, 4) is 0 Å². The molecule has 138 valence electrons. The fraction of sp³-hybridized carbons (Fsp3) is 0.438. The number of nitrogens with zero attached hydrogens (tertiary/aromatic N) is 6. The monoisotopic (exact) mass is 366 g/mol. The minimum atomic E-state index is -4.38. The number of hydrogen-bond acceptors (Lipinski definition) is 4. The van der Waals surface area contributed by atoms with Crippen LogP contribution in [0.4, 0.5) is 29.5 Å². The number of likely N-dealkylation sites (N-methyl/N-ethyl adjacent to an activating group) is 1. The molecule has 0 aromatic carbocycles. The average Bonchev–Trinajstić information content (AvgIpc) is 3.14. The molecule has 26 heavy (non-hydrogen) atoms. The number of anilines is 2. The maximum Gasteiger partial charge on any atom is 0.417 e. The summed E-state index contributed by atoms with van der Waals surface area (Å²) in [4.78, 5) is 21.1. The van der Waals surface area contributed by atoms with E-state index in [1.807, 2.05) is 11.1 Å². The number of alkyl halides is 3. The van der Waals surface area contributed by atoms with E-state index in [0.29, 0.717) is 32.0 Å². The Morgan fingerprint density at radius 1 is 1.15 bits per heavy atom. The number of pyridine rings is 1.